The molecule has 0 spiro atoms. The molecule has 0 amide bonds. The molecule has 1 saturated carbocycles. The van der Waals surface area contributed by atoms with Crippen LogP contribution in [0.15, 0.2) is 0 Å². The fourth-order valence-electron chi connectivity index (χ4n) is 2.55. The van der Waals surface area contributed by atoms with Gasteiger partial charge in [0.2, 0.25) is 0 Å². The highest BCUT2D eigenvalue weighted by Crippen LogP contribution is 2.31. The van der Waals surface area contributed by atoms with Crippen molar-refractivity contribution in [1.29, 1.82) is 0 Å². The van der Waals surface area contributed by atoms with Gasteiger partial charge in [0.05, 0.1) is 6.54 Å². The maximum atomic E-state index is 3.51. The van der Waals surface area contributed by atoms with Crippen molar-refractivity contribution in [2.45, 2.75) is 58.9 Å². The summed E-state index contributed by atoms with van der Waals surface area (Å²) in [6.07, 6.45) is 7.21. The van der Waals surface area contributed by atoms with Crippen molar-refractivity contribution in [2.24, 2.45) is 11.8 Å². The van der Waals surface area contributed by atoms with Crippen LogP contribution in [0.3, 0.4) is 0 Å². The van der Waals surface area contributed by atoms with E-state index in [2.05, 4.69) is 31.0 Å². The molecular formula is C14H25N. The molecule has 1 aliphatic carbocycles. The molecule has 0 radical (unpaired) electrons. The Balaban J connectivity index is 2.29. The smallest absolute Gasteiger partial charge is 0.0578 e. The lowest BCUT2D eigenvalue weighted by molar-refractivity contribution is 0.222. The molecule has 0 saturated heterocycles. The Bertz CT molecular complexity index is 217. The van der Waals surface area contributed by atoms with Crippen molar-refractivity contribution in [3.05, 3.63) is 0 Å². The van der Waals surface area contributed by atoms with Crippen LogP contribution in [-0.2, 0) is 0 Å². The Hall–Kier alpha value is -0.480. The highest BCUT2D eigenvalue weighted by molar-refractivity contribution is 4.97. The molecule has 1 fully saturated rings. The van der Waals surface area contributed by atoms with Crippen molar-refractivity contribution < 1.29 is 0 Å². The third kappa shape index (κ3) is 4.26. The summed E-state index contributed by atoms with van der Waals surface area (Å²) in [6, 6.07) is 0.606. The van der Waals surface area contributed by atoms with Gasteiger partial charge in [-0.15, -0.1) is 5.92 Å². The van der Waals surface area contributed by atoms with Crippen LogP contribution >= 0.6 is 0 Å². The van der Waals surface area contributed by atoms with Crippen LogP contribution in [0.25, 0.3) is 0 Å². The van der Waals surface area contributed by atoms with E-state index in [0.29, 0.717) is 6.04 Å². The molecule has 0 aliphatic heterocycles. The normalized spacial score (nSPS) is 21.5. The van der Waals surface area contributed by atoms with Crippen molar-refractivity contribution in [3.8, 4) is 11.8 Å². The number of hydrogen-bond donors (Lipinski definition) is 1. The monoisotopic (exact) mass is 207 g/mol. The van der Waals surface area contributed by atoms with Crippen molar-refractivity contribution in [1.82, 2.24) is 5.32 Å². The quantitative estimate of drug-likeness (QED) is 0.698. The van der Waals surface area contributed by atoms with Crippen LogP contribution in [0.1, 0.15) is 52.9 Å². The molecule has 1 rings (SSSR count). The van der Waals surface area contributed by atoms with Crippen LogP contribution in [-0.4, -0.2) is 12.6 Å². The van der Waals surface area contributed by atoms with Gasteiger partial charge >= 0.3 is 0 Å². The molecule has 0 bridgehead atoms. The predicted molar refractivity (Wildman–Crippen MR) is 66.7 cm³/mol. The zero-order chi connectivity index (χ0) is 11.1. The van der Waals surface area contributed by atoms with Gasteiger partial charge in [-0.25, -0.2) is 0 Å². The first-order valence-electron chi connectivity index (χ1n) is 6.38. The Morgan fingerprint density at radius 3 is 2.47 bits per heavy atom. The lowest BCUT2D eigenvalue weighted by Crippen LogP contribution is -2.36. The second-order valence-electron chi connectivity index (χ2n) is 4.85. The van der Waals surface area contributed by atoms with Gasteiger partial charge < -0.3 is 5.32 Å². The Morgan fingerprint density at radius 2 is 1.87 bits per heavy atom. The van der Waals surface area contributed by atoms with E-state index in [1.54, 1.807) is 0 Å². The van der Waals surface area contributed by atoms with E-state index in [9.17, 15) is 0 Å². The molecule has 86 valence electrons. The average Bonchev–Trinajstić information content (AvgIpc) is 2.29. The summed E-state index contributed by atoms with van der Waals surface area (Å²) in [5.74, 6) is 7.74. The summed E-state index contributed by atoms with van der Waals surface area (Å²) in [6.45, 7) is 7.44. The molecule has 0 aromatic heterocycles. The molecule has 0 aromatic rings. The largest absolute Gasteiger partial charge is 0.303 e. The first-order chi connectivity index (χ1) is 7.25. The zero-order valence-corrected chi connectivity index (χ0v) is 10.5. The number of rotatable bonds is 4. The molecular weight excluding hydrogens is 182 g/mol. The van der Waals surface area contributed by atoms with Gasteiger partial charge in [0.25, 0.3) is 0 Å². The Labute approximate surface area is 95.0 Å². The highest BCUT2D eigenvalue weighted by Gasteiger charge is 2.23. The molecule has 15 heavy (non-hydrogen) atoms. The number of nitrogens with one attached hydrogen (secondary N) is 1. The van der Waals surface area contributed by atoms with Gasteiger partial charge in [0.15, 0.2) is 0 Å². The summed E-state index contributed by atoms with van der Waals surface area (Å²) < 4.78 is 0. The SMILES string of the molecule is CC#CCNC(C)C(C)C1CCCCC1. The molecule has 2 atom stereocenters. The van der Waals surface area contributed by atoms with Gasteiger partial charge in [0, 0.05) is 6.04 Å². The molecule has 0 heterocycles. The van der Waals surface area contributed by atoms with Crippen LogP contribution in [0.4, 0.5) is 0 Å². The molecule has 2 unspecified atom stereocenters. The van der Waals surface area contributed by atoms with Crippen molar-refractivity contribution in [3.63, 3.8) is 0 Å². The summed E-state index contributed by atoms with van der Waals surface area (Å²) in [5.41, 5.74) is 0. The van der Waals surface area contributed by atoms with Gasteiger partial charge in [-0.05, 0) is 25.7 Å². The van der Waals surface area contributed by atoms with Crippen molar-refractivity contribution >= 4 is 0 Å². The van der Waals surface area contributed by atoms with Crippen LogP contribution < -0.4 is 5.32 Å². The maximum absolute atomic E-state index is 3.51. The van der Waals surface area contributed by atoms with Gasteiger partial charge in [0.1, 0.15) is 0 Å². The van der Waals surface area contributed by atoms with Gasteiger partial charge in [-0.1, -0.05) is 44.9 Å². The van der Waals surface area contributed by atoms with Crippen molar-refractivity contribution in [2.75, 3.05) is 6.54 Å². The van der Waals surface area contributed by atoms with E-state index >= 15 is 0 Å². The molecule has 1 heteroatoms. The van der Waals surface area contributed by atoms with Crippen LogP contribution in [0.2, 0.25) is 0 Å². The van der Waals surface area contributed by atoms with E-state index in [1.165, 1.54) is 32.1 Å². The second-order valence-corrected chi connectivity index (χ2v) is 4.85. The minimum atomic E-state index is 0.606. The highest BCUT2D eigenvalue weighted by atomic mass is 14.9. The van der Waals surface area contributed by atoms with Gasteiger partial charge in [-0.2, -0.15) is 0 Å². The van der Waals surface area contributed by atoms with E-state index in [-0.39, 0.29) is 0 Å². The fraction of sp³-hybridized carbons (Fsp3) is 0.857. The van der Waals surface area contributed by atoms with Crippen LogP contribution in [0, 0.1) is 23.7 Å². The third-order valence-corrected chi connectivity index (χ3v) is 3.87. The third-order valence-electron chi connectivity index (χ3n) is 3.87. The minimum Gasteiger partial charge on any atom is -0.303 e. The zero-order valence-electron chi connectivity index (χ0n) is 10.5. The van der Waals surface area contributed by atoms with E-state index < -0.39 is 0 Å². The minimum absolute atomic E-state index is 0.606. The standard InChI is InChI=1S/C14H25N/c1-4-5-11-15-13(3)12(2)14-9-7-6-8-10-14/h12-15H,6-11H2,1-3H3. The summed E-state index contributed by atoms with van der Waals surface area (Å²) in [5, 5.41) is 3.51. The first-order valence-corrected chi connectivity index (χ1v) is 6.38. The Kier molecular flexibility index (Phi) is 5.79. The predicted octanol–water partition coefficient (Wildman–Crippen LogP) is 3.20. The lowest BCUT2D eigenvalue weighted by atomic mass is 9.78. The summed E-state index contributed by atoms with van der Waals surface area (Å²) in [4.78, 5) is 0. The molecule has 1 N–H and O–H groups in total. The average molecular weight is 207 g/mol. The molecule has 1 aliphatic rings. The topological polar surface area (TPSA) is 12.0 Å². The molecule has 1 nitrogen and oxygen atoms in total. The van der Waals surface area contributed by atoms with E-state index in [4.69, 9.17) is 0 Å². The van der Waals surface area contributed by atoms with E-state index in [1.807, 2.05) is 6.92 Å². The molecule has 0 aromatic carbocycles. The Morgan fingerprint density at radius 1 is 1.20 bits per heavy atom. The van der Waals surface area contributed by atoms with Crippen LogP contribution in [0.5, 0.6) is 0 Å². The maximum Gasteiger partial charge on any atom is 0.0578 e. The summed E-state index contributed by atoms with van der Waals surface area (Å²) in [7, 11) is 0. The summed E-state index contributed by atoms with van der Waals surface area (Å²) >= 11 is 0. The number of hydrogen-bond acceptors (Lipinski definition) is 1. The second kappa shape index (κ2) is 6.90. The fourth-order valence-corrected chi connectivity index (χ4v) is 2.55. The van der Waals surface area contributed by atoms with E-state index in [0.717, 1.165) is 18.4 Å². The lowest BCUT2D eigenvalue weighted by Gasteiger charge is -2.32. The first kappa shape index (κ1) is 12.6. The van der Waals surface area contributed by atoms with Gasteiger partial charge in [-0.3, -0.25) is 0 Å².